The van der Waals surface area contributed by atoms with Crippen LogP contribution in [0.15, 0.2) is 24.3 Å². The highest BCUT2D eigenvalue weighted by Crippen LogP contribution is 2.09. The molecule has 0 saturated heterocycles. The van der Waals surface area contributed by atoms with Crippen LogP contribution in [0.5, 0.6) is 0 Å². The van der Waals surface area contributed by atoms with Gasteiger partial charge in [0.25, 0.3) is 0 Å². The third-order valence-electron chi connectivity index (χ3n) is 2.76. The molecule has 7 heteroatoms. The minimum Gasteiger partial charge on any atom is -0.479 e. The van der Waals surface area contributed by atoms with Gasteiger partial charge in [-0.15, -0.1) is 0 Å². The molecule has 1 unspecified atom stereocenters. The summed E-state index contributed by atoms with van der Waals surface area (Å²) in [5, 5.41) is 20.4. The Morgan fingerprint density at radius 2 is 2.00 bits per heavy atom. The van der Waals surface area contributed by atoms with Crippen LogP contribution < -0.4 is 5.32 Å². The first kappa shape index (κ1) is 15.9. The number of carbonyl (C=O) groups is 2. The standard InChI is InChI=1S/C13H17FN2O4/c1-13(20,11(17)18)8-15-12(19)16(2)7-9-5-3-4-6-10(9)14/h3-6,20H,7-8H2,1-2H3,(H,15,19)(H,17,18). The van der Waals surface area contributed by atoms with Crippen LogP contribution in [0.25, 0.3) is 0 Å². The number of carboxylic acids is 1. The lowest BCUT2D eigenvalue weighted by atomic mass is 10.1. The van der Waals surface area contributed by atoms with Gasteiger partial charge in [0.15, 0.2) is 5.60 Å². The minimum atomic E-state index is -2.05. The van der Waals surface area contributed by atoms with Crippen LogP contribution >= 0.6 is 0 Å². The fraction of sp³-hybridized carbons (Fsp3) is 0.385. The molecule has 0 aliphatic heterocycles. The molecule has 0 bridgehead atoms. The molecule has 0 radical (unpaired) electrons. The molecule has 110 valence electrons. The summed E-state index contributed by atoms with van der Waals surface area (Å²) in [4.78, 5) is 23.6. The van der Waals surface area contributed by atoms with Crippen LogP contribution in [0, 0.1) is 5.82 Å². The number of carboxylic acid groups (broad SMARTS) is 1. The summed E-state index contributed by atoms with van der Waals surface area (Å²) in [6.45, 7) is 0.670. The van der Waals surface area contributed by atoms with Gasteiger partial charge in [-0.1, -0.05) is 18.2 Å². The maximum atomic E-state index is 13.4. The van der Waals surface area contributed by atoms with Crippen molar-refractivity contribution in [2.24, 2.45) is 0 Å². The first-order valence-corrected chi connectivity index (χ1v) is 5.92. The van der Waals surface area contributed by atoms with Crippen molar-refractivity contribution < 1.29 is 24.2 Å². The topological polar surface area (TPSA) is 89.9 Å². The number of halogens is 1. The summed E-state index contributed by atoms with van der Waals surface area (Å²) < 4.78 is 13.4. The number of hydrogen-bond acceptors (Lipinski definition) is 3. The Labute approximate surface area is 115 Å². The largest absolute Gasteiger partial charge is 0.479 e. The maximum Gasteiger partial charge on any atom is 0.337 e. The van der Waals surface area contributed by atoms with E-state index in [-0.39, 0.29) is 6.54 Å². The van der Waals surface area contributed by atoms with Crippen LogP contribution in [-0.2, 0) is 11.3 Å². The van der Waals surface area contributed by atoms with E-state index in [1.165, 1.54) is 18.0 Å². The number of rotatable bonds is 5. The minimum absolute atomic E-state index is 0.0354. The molecule has 0 aliphatic carbocycles. The van der Waals surface area contributed by atoms with Crippen LogP contribution in [0.1, 0.15) is 12.5 Å². The molecule has 1 rings (SSSR count). The third-order valence-corrected chi connectivity index (χ3v) is 2.76. The Morgan fingerprint density at radius 3 is 2.55 bits per heavy atom. The monoisotopic (exact) mass is 284 g/mol. The van der Waals surface area contributed by atoms with Crippen molar-refractivity contribution in [3.8, 4) is 0 Å². The molecule has 0 aromatic heterocycles. The highest BCUT2D eigenvalue weighted by molar-refractivity contribution is 5.79. The van der Waals surface area contributed by atoms with E-state index < -0.39 is 30.0 Å². The molecule has 0 spiro atoms. The number of benzene rings is 1. The molecular weight excluding hydrogens is 267 g/mol. The second kappa shape index (κ2) is 6.33. The Balaban J connectivity index is 2.56. The van der Waals surface area contributed by atoms with E-state index in [0.29, 0.717) is 5.56 Å². The van der Waals surface area contributed by atoms with Gasteiger partial charge in [-0.05, 0) is 13.0 Å². The third kappa shape index (κ3) is 4.20. The molecule has 1 aromatic rings. The molecule has 2 amide bonds. The molecule has 1 aromatic carbocycles. The first-order valence-electron chi connectivity index (χ1n) is 5.92. The van der Waals surface area contributed by atoms with Crippen molar-refractivity contribution >= 4 is 12.0 Å². The van der Waals surface area contributed by atoms with E-state index in [4.69, 9.17) is 5.11 Å². The summed E-state index contributed by atoms with van der Waals surface area (Å²) in [7, 11) is 1.44. The van der Waals surface area contributed by atoms with Crippen molar-refractivity contribution in [2.45, 2.75) is 19.1 Å². The van der Waals surface area contributed by atoms with Gasteiger partial charge in [-0.2, -0.15) is 0 Å². The highest BCUT2D eigenvalue weighted by atomic mass is 19.1. The number of urea groups is 1. The predicted molar refractivity (Wildman–Crippen MR) is 69.5 cm³/mol. The lowest BCUT2D eigenvalue weighted by Gasteiger charge is -2.22. The average molecular weight is 284 g/mol. The predicted octanol–water partition coefficient (Wildman–Crippen LogP) is 0.803. The van der Waals surface area contributed by atoms with Crippen molar-refractivity contribution in [3.05, 3.63) is 35.6 Å². The smallest absolute Gasteiger partial charge is 0.337 e. The summed E-state index contributed by atoms with van der Waals surface area (Å²) in [5.74, 6) is -1.86. The number of nitrogens with one attached hydrogen (secondary N) is 1. The molecule has 6 nitrogen and oxygen atoms in total. The Morgan fingerprint density at radius 1 is 1.40 bits per heavy atom. The van der Waals surface area contributed by atoms with Gasteiger partial charge in [-0.25, -0.2) is 14.0 Å². The molecule has 20 heavy (non-hydrogen) atoms. The van der Waals surface area contributed by atoms with Gasteiger partial charge in [0, 0.05) is 19.2 Å². The van der Waals surface area contributed by atoms with E-state index in [1.807, 2.05) is 0 Å². The van der Waals surface area contributed by atoms with Gasteiger partial charge in [0.2, 0.25) is 0 Å². The second-order valence-corrected chi connectivity index (χ2v) is 4.69. The molecular formula is C13H17FN2O4. The van der Waals surface area contributed by atoms with E-state index in [1.54, 1.807) is 18.2 Å². The quantitative estimate of drug-likeness (QED) is 0.746. The van der Waals surface area contributed by atoms with E-state index in [9.17, 15) is 19.1 Å². The first-order chi connectivity index (χ1) is 9.24. The summed E-state index contributed by atoms with van der Waals surface area (Å²) in [6, 6.07) is 5.43. The lowest BCUT2D eigenvalue weighted by molar-refractivity contribution is -0.155. The number of nitrogens with zero attached hydrogens (tertiary/aromatic N) is 1. The fourth-order valence-electron chi connectivity index (χ4n) is 1.41. The molecule has 0 saturated carbocycles. The zero-order valence-electron chi connectivity index (χ0n) is 11.3. The van der Waals surface area contributed by atoms with E-state index >= 15 is 0 Å². The van der Waals surface area contributed by atoms with Gasteiger partial charge in [-0.3, -0.25) is 0 Å². The zero-order valence-corrected chi connectivity index (χ0v) is 11.3. The summed E-state index contributed by atoms with van der Waals surface area (Å²) in [6.07, 6.45) is 0. The molecule has 0 heterocycles. The lowest BCUT2D eigenvalue weighted by Crippen LogP contribution is -2.49. The number of aliphatic hydroxyl groups is 1. The van der Waals surface area contributed by atoms with E-state index in [2.05, 4.69) is 5.32 Å². The van der Waals surface area contributed by atoms with Gasteiger partial charge in [0.1, 0.15) is 5.82 Å². The maximum absolute atomic E-state index is 13.4. The van der Waals surface area contributed by atoms with Crippen LogP contribution in [0.3, 0.4) is 0 Å². The van der Waals surface area contributed by atoms with Crippen molar-refractivity contribution in [3.63, 3.8) is 0 Å². The molecule has 0 aliphatic rings. The highest BCUT2D eigenvalue weighted by Gasteiger charge is 2.30. The summed E-state index contributed by atoms with van der Waals surface area (Å²) in [5.41, 5.74) is -1.70. The van der Waals surface area contributed by atoms with Crippen molar-refractivity contribution in [2.75, 3.05) is 13.6 Å². The van der Waals surface area contributed by atoms with Gasteiger partial charge in [0.05, 0.1) is 6.54 Å². The number of hydrogen-bond donors (Lipinski definition) is 3. The van der Waals surface area contributed by atoms with Gasteiger partial charge < -0.3 is 20.4 Å². The number of amides is 2. The normalized spacial score (nSPS) is 13.4. The zero-order chi connectivity index (χ0) is 15.3. The number of aliphatic carboxylic acids is 1. The van der Waals surface area contributed by atoms with Crippen molar-refractivity contribution in [1.82, 2.24) is 10.2 Å². The van der Waals surface area contributed by atoms with Crippen molar-refractivity contribution in [1.29, 1.82) is 0 Å². The Kier molecular flexibility index (Phi) is 5.04. The van der Waals surface area contributed by atoms with Crippen LogP contribution in [0.2, 0.25) is 0 Å². The summed E-state index contributed by atoms with van der Waals surface area (Å²) >= 11 is 0. The van der Waals surface area contributed by atoms with E-state index in [0.717, 1.165) is 6.92 Å². The van der Waals surface area contributed by atoms with Crippen LogP contribution in [0.4, 0.5) is 9.18 Å². The average Bonchev–Trinajstić information content (AvgIpc) is 2.38. The Bertz CT molecular complexity index is 505. The van der Waals surface area contributed by atoms with Crippen LogP contribution in [-0.4, -0.2) is 46.3 Å². The molecule has 0 fully saturated rings. The fourth-order valence-corrected chi connectivity index (χ4v) is 1.41. The second-order valence-electron chi connectivity index (χ2n) is 4.69. The van der Waals surface area contributed by atoms with Gasteiger partial charge >= 0.3 is 12.0 Å². The molecule has 3 N–H and O–H groups in total. The molecule has 1 atom stereocenters. The Hall–Kier alpha value is -2.15. The number of carbonyl (C=O) groups excluding carboxylic acids is 1. The SMILES string of the molecule is CN(Cc1ccccc1F)C(=O)NCC(C)(O)C(=O)O.